The Kier molecular flexibility index (Phi) is 6.70. The van der Waals surface area contributed by atoms with Crippen LogP contribution in [0.25, 0.3) is 0 Å². The fraction of sp³-hybridized carbons (Fsp3) is 0.750. The molecular weight excluding hydrogens is 394 g/mol. The third-order valence-corrected chi connectivity index (χ3v) is 7.76. The van der Waals surface area contributed by atoms with E-state index in [-0.39, 0.29) is 23.2 Å². The second-order valence-electron chi connectivity index (χ2n) is 8.10. The number of hydrogen-bond donors (Lipinski definition) is 1. The van der Waals surface area contributed by atoms with Crippen LogP contribution >= 0.6 is 0 Å². The molecule has 4 rings (SSSR count). The SMILES string of the molecule is Cc1cc(NCCCOC2CCOC2)ncc1S(=O)(=O)N1CC2CCCC(C1)O2. The minimum atomic E-state index is -3.56. The first-order valence-corrected chi connectivity index (χ1v) is 12.0. The Labute approximate surface area is 173 Å². The first-order valence-electron chi connectivity index (χ1n) is 10.6. The van der Waals surface area contributed by atoms with E-state index < -0.39 is 10.0 Å². The van der Waals surface area contributed by atoms with Gasteiger partial charge in [0.05, 0.1) is 24.9 Å². The number of nitrogens with one attached hydrogen (secondary N) is 1. The van der Waals surface area contributed by atoms with Gasteiger partial charge in [0.15, 0.2) is 0 Å². The number of morpholine rings is 1. The summed E-state index contributed by atoms with van der Waals surface area (Å²) in [7, 11) is -3.56. The minimum absolute atomic E-state index is 0.0181. The van der Waals surface area contributed by atoms with Crippen LogP contribution in [0.2, 0.25) is 0 Å². The van der Waals surface area contributed by atoms with Crippen molar-refractivity contribution in [3.05, 3.63) is 17.8 Å². The van der Waals surface area contributed by atoms with Crippen molar-refractivity contribution < 1.29 is 22.6 Å². The van der Waals surface area contributed by atoms with Crippen LogP contribution < -0.4 is 5.32 Å². The summed E-state index contributed by atoms with van der Waals surface area (Å²) in [5.74, 6) is 0.685. The fourth-order valence-corrected chi connectivity index (χ4v) is 5.86. The van der Waals surface area contributed by atoms with Crippen molar-refractivity contribution in [2.75, 3.05) is 44.8 Å². The molecule has 3 atom stereocenters. The number of aryl methyl sites for hydroxylation is 1. The lowest BCUT2D eigenvalue weighted by atomic mass is 10.0. The van der Waals surface area contributed by atoms with Crippen molar-refractivity contribution in [3.63, 3.8) is 0 Å². The lowest BCUT2D eigenvalue weighted by Gasteiger charge is -2.40. The third kappa shape index (κ3) is 5.08. The van der Waals surface area contributed by atoms with E-state index in [0.717, 1.165) is 45.3 Å². The lowest BCUT2D eigenvalue weighted by molar-refractivity contribution is -0.0936. The van der Waals surface area contributed by atoms with Crippen LogP contribution in [0.3, 0.4) is 0 Å². The van der Waals surface area contributed by atoms with E-state index in [1.54, 1.807) is 10.4 Å². The maximum atomic E-state index is 13.2. The molecule has 0 amide bonds. The lowest BCUT2D eigenvalue weighted by Crippen LogP contribution is -2.51. The van der Waals surface area contributed by atoms with E-state index in [0.29, 0.717) is 37.7 Å². The molecule has 29 heavy (non-hydrogen) atoms. The van der Waals surface area contributed by atoms with E-state index in [1.165, 1.54) is 6.20 Å². The van der Waals surface area contributed by atoms with Crippen LogP contribution in [0, 0.1) is 6.92 Å². The average molecular weight is 426 g/mol. The van der Waals surface area contributed by atoms with E-state index in [9.17, 15) is 8.42 Å². The quantitative estimate of drug-likeness (QED) is 0.637. The standard InChI is InChI=1S/C20H31N3O5S/c1-15-10-20(21-7-3-8-27-18-6-9-26-14-18)22-11-19(15)29(24,25)23-12-16-4-2-5-17(13-23)28-16/h10-11,16-18H,2-9,12-14H2,1H3,(H,21,22). The summed E-state index contributed by atoms with van der Waals surface area (Å²) in [6, 6.07) is 1.81. The summed E-state index contributed by atoms with van der Waals surface area (Å²) in [6.45, 7) is 5.56. The van der Waals surface area contributed by atoms with Crippen molar-refractivity contribution >= 4 is 15.8 Å². The van der Waals surface area contributed by atoms with Gasteiger partial charge in [0.25, 0.3) is 0 Å². The molecule has 8 nitrogen and oxygen atoms in total. The smallest absolute Gasteiger partial charge is 0.245 e. The predicted octanol–water partition coefficient (Wildman–Crippen LogP) is 1.94. The van der Waals surface area contributed by atoms with Crippen molar-refractivity contribution in [3.8, 4) is 0 Å². The number of ether oxygens (including phenoxy) is 3. The van der Waals surface area contributed by atoms with Gasteiger partial charge in [-0.15, -0.1) is 0 Å². The van der Waals surface area contributed by atoms with Gasteiger partial charge in [-0.2, -0.15) is 4.31 Å². The molecular formula is C20H31N3O5S. The Bertz CT molecular complexity index is 785. The van der Waals surface area contributed by atoms with Gasteiger partial charge in [0.1, 0.15) is 10.7 Å². The molecule has 3 fully saturated rings. The van der Waals surface area contributed by atoms with Gasteiger partial charge in [-0.3, -0.25) is 0 Å². The Morgan fingerprint density at radius 3 is 2.76 bits per heavy atom. The summed E-state index contributed by atoms with van der Waals surface area (Å²) in [5, 5.41) is 3.25. The number of sulfonamides is 1. The van der Waals surface area contributed by atoms with Crippen LogP contribution in [0.15, 0.2) is 17.2 Å². The van der Waals surface area contributed by atoms with Gasteiger partial charge in [-0.05, 0) is 50.7 Å². The Hall–Kier alpha value is -1.26. The molecule has 3 aliphatic rings. The van der Waals surface area contributed by atoms with Crippen LogP contribution in [0.4, 0.5) is 5.82 Å². The second kappa shape index (κ2) is 9.26. The highest BCUT2D eigenvalue weighted by molar-refractivity contribution is 7.89. The Morgan fingerprint density at radius 1 is 1.28 bits per heavy atom. The van der Waals surface area contributed by atoms with Gasteiger partial charge < -0.3 is 19.5 Å². The number of nitrogens with zero attached hydrogens (tertiary/aromatic N) is 2. The molecule has 0 saturated carbocycles. The summed E-state index contributed by atoms with van der Waals surface area (Å²) in [5.41, 5.74) is 0.707. The number of aromatic nitrogens is 1. The van der Waals surface area contributed by atoms with Crippen LogP contribution in [-0.2, 0) is 24.2 Å². The molecule has 3 saturated heterocycles. The van der Waals surface area contributed by atoms with Gasteiger partial charge >= 0.3 is 0 Å². The maximum Gasteiger partial charge on any atom is 0.245 e. The number of fused-ring (bicyclic) bond motifs is 2. The molecule has 3 unspecified atom stereocenters. The highest BCUT2D eigenvalue weighted by Crippen LogP contribution is 2.30. The molecule has 0 radical (unpaired) electrons. The highest BCUT2D eigenvalue weighted by Gasteiger charge is 2.38. The Morgan fingerprint density at radius 2 is 2.07 bits per heavy atom. The van der Waals surface area contributed by atoms with Crippen molar-refractivity contribution in [2.24, 2.45) is 0 Å². The second-order valence-corrected chi connectivity index (χ2v) is 10.0. The zero-order valence-corrected chi connectivity index (χ0v) is 17.8. The van der Waals surface area contributed by atoms with Crippen molar-refractivity contribution in [1.29, 1.82) is 0 Å². The number of pyridine rings is 1. The molecule has 1 aromatic heterocycles. The first-order chi connectivity index (χ1) is 14.0. The molecule has 4 heterocycles. The van der Waals surface area contributed by atoms with Crippen LogP contribution in [-0.4, -0.2) is 75.5 Å². The maximum absolute atomic E-state index is 13.2. The number of rotatable bonds is 8. The predicted molar refractivity (Wildman–Crippen MR) is 109 cm³/mol. The van der Waals surface area contributed by atoms with Gasteiger partial charge in [-0.25, -0.2) is 13.4 Å². The zero-order valence-electron chi connectivity index (χ0n) is 17.0. The summed E-state index contributed by atoms with van der Waals surface area (Å²) < 4.78 is 44.8. The molecule has 1 N–H and O–H groups in total. The zero-order chi connectivity index (χ0) is 20.3. The third-order valence-electron chi connectivity index (χ3n) is 5.80. The number of hydrogen-bond acceptors (Lipinski definition) is 7. The average Bonchev–Trinajstić information content (AvgIpc) is 3.21. The minimum Gasteiger partial charge on any atom is -0.379 e. The van der Waals surface area contributed by atoms with Crippen molar-refractivity contribution in [1.82, 2.24) is 9.29 Å². The normalized spacial score (nSPS) is 27.8. The van der Waals surface area contributed by atoms with Crippen molar-refractivity contribution in [2.45, 2.75) is 62.2 Å². The monoisotopic (exact) mass is 425 g/mol. The van der Waals surface area contributed by atoms with E-state index in [2.05, 4.69) is 10.3 Å². The molecule has 9 heteroatoms. The van der Waals surface area contributed by atoms with Gasteiger partial charge in [0.2, 0.25) is 10.0 Å². The van der Waals surface area contributed by atoms with Gasteiger partial charge in [-0.1, -0.05) is 0 Å². The number of anilines is 1. The first kappa shape index (κ1) is 21.0. The van der Waals surface area contributed by atoms with Gasteiger partial charge in [0, 0.05) is 39.0 Å². The van der Waals surface area contributed by atoms with E-state index >= 15 is 0 Å². The fourth-order valence-electron chi connectivity index (χ4n) is 4.21. The van der Waals surface area contributed by atoms with E-state index in [4.69, 9.17) is 14.2 Å². The topological polar surface area (TPSA) is 90.0 Å². The largest absolute Gasteiger partial charge is 0.379 e. The molecule has 2 bridgehead atoms. The summed E-state index contributed by atoms with van der Waals surface area (Å²) in [6.07, 6.45) is 6.53. The molecule has 0 spiro atoms. The molecule has 0 aromatic carbocycles. The summed E-state index contributed by atoms with van der Waals surface area (Å²) >= 11 is 0. The molecule has 3 aliphatic heterocycles. The molecule has 162 valence electrons. The molecule has 0 aliphatic carbocycles. The van der Waals surface area contributed by atoms with E-state index in [1.807, 2.05) is 6.92 Å². The molecule has 1 aromatic rings. The highest BCUT2D eigenvalue weighted by atomic mass is 32.2. The van der Waals surface area contributed by atoms with Crippen LogP contribution in [0.5, 0.6) is 0 Å². The van der Waals surface area contributed by atoms with Crippen LogP contribution in [0.1, 0.15) is 37.7 Å². The summed E-state index contributed by atoms with van der Waals surface area (Å²) in [4.78, 5) is 4.62. The Balaban J connectivity index is 1.31.